The Morgan fingerprint density at radius 1 is 1.21 bits per heavy atom. The molecule has 1 N–H and O–H groups in total. The van der Waals surface area contributed by atoms with Crippen LogP contribution in [0.2, 0.25) is 5.02 Å². The van der Waals surface area contributed by atoms with Crippen molar-refractivity contribution in [1.82, 2.24) is 5.32 Å². The normalized spacial score (nSPS) is 19.1. The maximum Gasteiger partial charge on any atom is 0.125 e. The topological polar surface area (TPSA) is 12.0 Å². The molecule has 0 unspecified atom stereocenters. The van der Waals surface area contributed by atoms with Gasteiger partial charge in [0.1, 0.15) is 5.82 Å². The summed E-state index contributed by atoms with van der Waals surface area (Å²) >= 11 is 5.87. The van der Waals surface area contributed by atoms with E-state index in [1.165, 1.54) is 44.6 Å². The smallest absolute Gasteiger partial charge is 0.125 e. The van der Waals surface area contributed by atoms with Gasteiger partial charge in [-0.3, -0.25) is 0 Å². The second-order valence-electron chi connectivity index (χ2n) is 5.70. The first-order valence-corrected chi connectivity index (χ1v) is 7.71. The van der Waals surface area contributed by atoms with E-state index >= 15 is 0 Å². The molecule has 19 heavy (non-hydrogen) atoms. The SMILES string of the molecule is C[C@@H](NCc1cc(F)cc(Cl)c1)C1CCCCCC1. The highest BCUT2D eigenvalue weighted by Gasteiger charge is 2.18. The highest BCUT2D eigenvalue weighted by Crippen LogP contribution is 2.25. The van der Waals surface area contributed by atoms with E-state index in [9.17, 15) is 4.39 Å². The van der Waals surface area contributed by atoms with E-state index in [1.54, 1.807) is 6.07 Å². The third-order valence-electron chi connectivity index (χ3n) is 4.16. The summed E-state index contributed by atoms with van der Waals surface area (Å²) in [6.45, 7) is 2.94. The molecule has 0 radical (unpaired) electrons. The summed E-state index contributed by atoms with van der Waals surface area (Å²) in [6, 6.07) is 5.22. The van der Waals surface area contributed by atoms with Gasteiger partial charge in [0.2, 0.25) is 0 Å². The maximum atomic E-state index is 13.2. The minimum atomic E-state index is -0.258. The first-order valence-electron chi connectivity index (χ1n) is 7.33. The molecule has 2 rings (SSSR count). The minimum absolute atomic E-state index is 0.258. The van der Waals surface area contributed by atoms with Gasteiger partial charge in [0.05, 0.1) is 0 Å². The first-order chi connectivity index (χ1) is 9.15. The fourth-order valence-electron chi connectivity index (χ4n) is 2.97. The van der Waals surface area contributed by atoms with E-state index in [-0.39, 0.29) is 5.82 Å². The summed E-state index contributed by atoms with van der Waals surface area (Å²) in [4.78, 5) is 0. The van der Waals surface area contributed by atoms with Gasteiger partial charge in [-0.05, 0) is 49.4 Å². The summed E-state index contributed by atoms with van der Waals surface area (Å²) in [6.07, 6.45) is 8.09. The summed E-state index contributed by atoms with van der Waals surface area (Å²) < 4.78 is 13.2. The van der Waals surface area contributed by atoms with Crippen LogP contribution in [0, 0.1) is 11.7 Å². The van der Waals surface area contributed by atoms with Gasteiger partial charge in [-0.15, -0.1) is 0 Å². The van der Waals surface area contributed by atoms with Crippen molar-refractivity contribution in [3.63, 3.8) is 0 Å². The van der Waals surface area contributed by atoms with Crippen LogP contribution in [0.1, 0.15) is 51.0 Å². The van der Waals surface area contributed by atoms with Crippen LogP contribution in [-0.4, -0.2) is 6.04 Å². The Hall–Kier alpha value is -0.600. The molecule has 1 saturated carbocycles. The Balaban J connectivity index is 1.86. The van der Waals surface area contributed by atoms with Crippen molar-refractivity contribution in [2.75, 3.05) is 0 Å². The quantitative estimate of drug-likeness (QED) is 0.773. The molecule has 1 aromatic carbocycles. The molecule has 1 aromatic rings. The van der Waals surface area contributed by atoms with E-state index in [0.29, 0.717) is 17.6 Å². The molecular formula is C16H23ClFN. The van der Waals surface area contributed by atoms with Crippen LogP contribution in [0.15, 0.2) is 18.2 Å². The standard InChI is InChI=1S/C16H23ClFN/c1-12(14-6-4-2-3-5-7-14)19-11-13-8-15(17)10-16(18)9-13/h8-10,12,14,19H,2-7,11H2,1H3/t12-/m1/s1. The third-order valence-corrected chi connectivity index (χ3v) is 4.38. The number of rotatable bonds is 4. The van der Waals surface area contributed by atoms with Gasteiger partial charge in [-0.1, -0.05) is 37.3 Å². The van der Waals surface area contributed by atoms with Crippen LogP contribution in [0.4, 0.5) is 4.39 Å². The summed E-state index contributed by atoms with van der Waals surface area (Å²) in [5.74, 6) is 0.498. The molecule has 1 atom stereocenters. The van der Waals surface area contributed by atoms with Crippen molar-refractivity contribution in [1.29, 1.82) is 0 Å². The van der Waals surface area contributed by atoms with Crippen molar-refractivity contribution in [2.24, 2.45) is 5.92 Å². The third kappa shape index (κ3) is 4.77. The Bertz CT molecular complexity index is 379. The molecule has 1 fully saturated rings. The van der Waals surface area contributed by atoms with E-state index in [4.69, 9.17) is 11.6 Å². The monoisotopic (exact) mass is 283 g/mol. The van der Waals surface area contributed by atoms with Crippen LogP contribution in [-0.2, 0) is 6.54 Å². The molecule has 1 nitrogen and oxygen atoms in total. The van der Waals surface area contributed by atoms with Crippen molar-refractivity contribution in [3.8, 4) is 0 Å². The molecule has 3 heteroatoms. The zero-order valence-corrected chi connectivity index (χ0v) is 12.3. The van der Waals surface area contributed by atoms with Crippen molar-refractivity contribution in [2.45, 2.75) is 58.0 Å². The number of hydrogen-bond donors (Lipinski definition) is 1. The number of hydrogen-bond acceptors (Lipinski definition) is 1. The second kappa shape index (κ2) is 7.25. The Labute approximate surface area is 120 Å². The molecular weight excluding hydrogens is 261 g/mol. The number of halogens is 2. The van der Waals surface area contributed by atoms with Gasteiger partial charge < -0.3 is 5.32 Å². The summed E-state index contributed by atoms with van der Waals surface area (Å²) in [7, 11) is 0. The Kier molecular flexibility index (Phi) is 5.65. The van der Waals surface area contributed by atoms with E-state index < -0.39 is 0 Å². The zero-order chi connectivity index (χ0) is 13.7. The fraction of sp³-hybridized carbons (Fsp3) is 0.625. The van der Waals surface area contributed by atoms with Crippen LogP contribution in [0.3, 0.4) is 0 Å². The van der Waals surface area contributed by atoms with E-state index in [0.717, 1.165) is 11.5 Å². The van der Waals surface area contributed by atoms with Gasteiger partial charge in [0.25, 0.3) is 0 Å². The highest BCUT2D eigenvalue weighted by atomic mass is 35.5. The number of nitrogens with one attached hydrogen (secondary N) is 1. The average Bonchev–Trinajstić information content (AvgIpc) is 2.63. The summed E-state index contributed by atoms with van der Waals surface area (Å²) in [5, 5.41) is 4.00. The molecule has 0 spiro atoms. The maximum absolute atomic E-state index is 13.2. The van der Waals surface area contributed by atoms with Crippen LogP contribution in [0.25, 0.3) is 0 Å². The fourth-order valence-corrected chi connectivity index (χ4v) is 3.21. The highest BCUT2D eigenvalue weighted by molar-refractivity contribution is 6.30. The molecule has 0 aromatic heterocycles. The molecule has 0 heterocycles. The van der Waals surface area contributed by atoms with Gasteiger partial charge in [-0.25, -0.2) is 4.39 Å². The average molecular weight is 284 g/mol. The lowest BCUT2D eigenvalue weighted by Gasteiger charge is -2.23. The van der Waals surface area contributed by atoms with Crippen LogP contribution in [0.5, 0.6) is 0 Å². The molecule has 0 amide bonds. The molecule has 106 valence electrons. The van der Waals surface area contributed by atoms with Gasteiger partial charge in [-0.2, -0.15) is 0 Å². The predicted molar refractivity (Wildman–Crippen MR) is 78.9 cm³/mol. The van der Waals surface area contributed by atoms with Crippen molar-refractivity contribution < 1.29 is 4.39 Å². The van der Waals surface area contributed by atoms with E-state index in [1.807, 2.05) is 6.07 Å². The summed E-state index contributed by atoms with van der Waals surface area (Å²) in [5.41, 5.74) is 0.922. The Morgan fingerprint density at radius 2 is 1.89 bits per heavy atom. The van der Waals surface area contributed by atoms with Crippen LogP contribution >= 0.6 is 11.6 Å². The second-order valence-corrected chi connectivity index (χ2v) is 6.14. The lowest BCUT2D eigenvalue weighted by molar-refractivity contribution is 0.336. The first kappa shape index (κ1) is 14.8. The molecule has 0 bridgehead atoms. The zero-order valence-electron chi connectivity index (χ0n) is 11.6. The molecule has 0 aliphatic heterocycles. The molecule has 1 aliphatic rings. The molecule has 0 saturated heterocycles. The lowest BCUT2D eigenvalue weighted by Crippen LogP contribution is -2.32. The lowest BCUT2D eigenvalue weighted by atomic mass is 9.93. The minimum Gasteiger partial charge on any atom is -0.310 e. The molecule has 1 aliphatic carbocycles. The predicted octanol–water partition coefficient (Wildman–Crippen LogP) is 4.93. The van der Waals surface area contributed by atoms with Crippen molar-refractivity contribution >= 4 is 11.6 Å². The van der Waals surface area contributed by atoms with Crippen molar-refractivity contribution in [3.05, 3.63) is 34.6 Å². The van der Waals surface area contributed by atoms with Gasteiger partial charge in [0, 0.05) is 17.6 Å². The largest absolute Gasteiger partial charge is 0.310 e. The van der Waals surface area contributed by atoms with E-state index in [2.05, 4.69) is 12.2 Å². The van der Waals surface area contributed by atoms with Gasteiger partial charge >= 0.3 is 0 Å². The van der Waals surface area contributed by atoms with Gasteiger partial charge in [0.15, 0.2) is 0 Å². The Morgan fingerprint density at radius 3 is 2.53 bits per heavy atom. The van der Waals surface area contributed by atoms with Crippen LogP contribution < -0.4 is 5.32 Å². The number of benzene rings is 1.